The average Bonchev–Trinajstić information content (AvgIpc) is 3.26. The number of hydrogen-bond acceptors (Lipinski definition) is 6. The summed E-state index contributed by atoms with van der Waals surface area (Å²) in [6, 6.07) is 0. The van der Waals surface area contributed by atoms with Crippen molar-refractivity contribution in [3.8, 4) is 0 Å². The van der Waals surface area contributed by atoms with Gasteiger partial charge in [0.15, 0.2) is 6.10 Å². The monoisotopic (exact) mass is 847 g/mol. The van der Waals surface area contributed by atoms with Crippen LogP contribution in [-0.2, 0) is 28.6 Å². The molecule has 1 atom stereocenters. The van der Waals surface area contributed by atoms with Crippen molar-refractivity contribution in [3.05, 3.63) is 97.2 Å². The second kappa shape index (κ2) is 49.0. The van der Waals surface area contributed by atoms with Crippen LogP contribution in [0.2, 0.25) is 0 Å². The third-order valence-electron chi connectivity index (χ3n) is 10.1. The number of carbonyl (C=O) groups is 3. The molecule has 0 saturated heterocycles. The van der Waals surface area contributed by atoms with Crippen molar-refractivity contribution in [2.75, 3.05) is 13.2 Å². The summed E-state index contributed by atoms with van der Waals surface area (Å²) in [7, 11) is 0. The van der Waals surface area contributed by atoms with Crippen LogP contribution in [0.3, 0.4) is 0 Å². The van der Waals surface area contributed by atoms with Gasteiger partial charge >= 0.3 is 17.9 Å². The van der Waals surface area contributed by atoms with E-state index in [1.54, 1.807) is 0 Å². The molecular weight excluding hydrogens is 757 g/mol. The number of rotatable bonds is 43. The van der Waals surface area contributed by atoms with Gasteiger partial charge in [-0.25, -0.2) is 0 Å². The Balaban J connectivity index is 4.51. The Hall–Kier alpha value is -3.67. The van der Waals surface area contributed by atoms with Crippen LogP contribution >= 0.6 is 0 Å². The second-order valence-corrected chi connectivity index (χ2v) is 16.0. The minimum Gasteiger partial charge on any atom is -0.462 e. The third-order valence-corrected chi connectivity index (χ3v) is 10.1. The standard InChI is InChI=1S/C55H90O6/c1-4-7-10-13-16-19-22-24-25-26-27-28-29-31-33-36-39-42-45-48-54(57)60-51-52(50-59-53(56)47-44-41-38-35-32-21-18-15-12-9-6-3)61-55(58)49-46-43-40-37-34-30-23-20-17-14-11-8-5-2/h7,10,15-16,18-20,23-25,27-28,31,33,39,42,52H,4-6,8-9,11-14,17,21-22,26,29-30,32,34-38,40-41,43-51H2,1-3H3/b10-7-,18-15-,19-16-,23-20-,25-24-,28-27-,33-31-,42-39-/t52-/m0/s1. The van der Waals surface area contributed by atoms with E-state index in [1.165, 1.54) is 64.2 Å². The fourth-order valence-corrected chi connectivity index (χ4v) is 6.32. The Morgan fingerprint density at radius 2 is 0.689 bits per heavy atom. The van der Waals surface area contributed by atoms with Gasteiger partial charge in [-0.05, 0) is 103 Å². The van der Waals surface area contributed by atoms with Gasteiger partial charge in [-0.2, -0.15) is 0 Å². The lowest BCUT2D eigenvalue weighted by molar-refractivity contribution is -0.166. The van der Waals surface area contributed by atoms with E-state index in [0.717, 1.165) is 103 Å². The van der Waals surface area contributed by atoms with E-state index < -0.39 is 6.10 Å². The van der Waals surface area contributed by atoms with E-state index in [-0.39, 0.29) is 37.5 Å². The van der Waals surface area contributed by atoms with Crippen molar-refractivity contribution >= 4 is 17.9 Å². The van der Waals surface area contributed by atoms with Crippen molar-refractivity contribution in [2.45, 2.75) is 219 Å². The molecule has 0 aliphatic heterocycles. The van der Waals surface area contributed by atoms with Crippen molar-refractivity contribution < 1.29 is 28.6 Å². The third kappa shape index (κ3) is 47.2. The molecule has 0 heterocycles. The summed E-state index contributed by atoms with van der Waals surface area (Å²) in [4.78, 5) is 37.8. The topological polar surface area (TPSA) is 78.9 Å². The van der Waals surface area contributed by atoms with Crippen LogP contribution in [0.1, 0.15) is 213 Å². The normalized spacial score (nSPS) is 12.9. The van der Waals surface area contributed by atoms with Gasteiger partial charge in [0.25, 0.3) is 0 Å². The molecule has 0 aliphatic carbocycles. The summed E-state index contributed by atoms with van der Waals surface area (Å²) in [6.45, 7) is 6.37. The molecule has 0 spiro atoms. The van der Waals surface area contributed by atoms with Crippen molar-refractivity contribution in [1.82, 2.24) is 0 Å². The van der Waals surface area contributed by atoms with Gasteiger partial charge in [-0.3, -0.25) is 14.4 Å². The number of allylic oxidation sites excluding steroid dienone is 16. The van der Waals surface area contributed by atoms with E-state index >= 15 is 0 Å². The highest BCUT2D eigenvalue weighted by Gasteiger charge is 2.19. The zero-order valence-electron chi connectivity index (χ0n) is 39.4. The van der Waals surface area contributed by atoms with Gasteiger partial charge in [0.2, 0.25) is 0 Å². The van der Waals surface area contributed by atoms with Gasteiger partial charge in [0.05, 0.1) is 0 Å². The van der Waals surface area contributed by atoms with Crippen LogP contribution < -0.4 is 0 Å². The lowest BCUT2D eigenvalue weighted by atomic mass is 10.1. The van der Waals surface area contributed by atoms with Crippen LogP contribution in [0.5, 0.6) is 0 Å². The molecule has 0 aromatic rings. The van der Waals surface area contributed by atoms with Crippen LogP contribution in [0, 0.1) is 0 Å². The highest BCUT2D eigenvalue weighted by Crippen LogP contribution is 2.12. The first-order chi connectivity index (χ1) is 30.0. The number of ether oxygens (including phenoxy) is 3. The Bertz CT molecular complexity index is 1250. The first-order valence-electron chi connectivity index (χ1n) is 24.7. The minimum absolute atomic E-state index is 0.110. The van der Waals surface area contributed by atoms with Crippen molar-refractivity contribution in [2.24, 2.45) is 0 Å². The predicted molar refractivity (Wildman–Crippen MR) is 260 cm³/mol. The maximum Gasteiger partial charge on any atom is 0.306 e. The predicted octanol–water partition coefficient (Wildman–Crippen LogP) is 16.2. The molecule has 6 heteroatoms. The molecule has 0 amide bonds. The highest BCUT2D eigenvalue weighted by molar-refractivity contribution is 5.71. The number of carbonyl (C=O) groups excluding carboxylic acids is 3. The van der Waals surface area contributed by atoms with Gasteiger partial charge in [-0.1, -0.05) is 189 Å². The zero-order valence-corrected chi connectivity index (χ0v) is 39.4. The van der Waals surface area contributed by atoms with Gasteiger partial charge < -0.3 is 14.2 Å². The smallest absolute Gasteiger partial charge is 0.306 e. The Morgan fingerprint density at radius 3 is 1.15 bits per heavy atom. The largest absolute Gasteiger partial charge is 0.462 e. The summed E-state index contributed by atoms with van der Waals surface area (Å²) in [5.74, 6) is -1.02. The molecule has 0 radical (unpaired) electrons. The second-order valence-electron chi connectivity index (χ2n) is 16.0. The maximum atomic E-state index is 12.7. The van der Waals surface area contributed by atoms with Crippen LogP contribution in [0.4, 0.5) is 0 Å². The summed E-state index contributed by atoms with van der Waals surface area (Å²) < 4.78 is 16.7. The van der Waals surface area contributed by atoms with Crippen LogP contribution in [0.15, 0.2) is 97.2 Å². The fraction of sp³-hybridized carbons (Fsp3) is 0.655. The lowest BCUT2D eigenvalue weighted by Crippen LogP contribution is -2.30. The Labute approximate surface area is 375 Å². The molecule has 0 aliphatic rings. The first kappa shape index (κ1) is 57.3. The molecule has 0 fully saturated rings. The molecule has 0 bridgehead atoms. The van der Waals surface area contributed by atoms with Gasteiger partial charge in [0, 0.05) is 19.3 Å². The fourth-order valence-electron chi connectivity index (χ4n) is 6.32. The minimum atomic E-state index is -0.814. The highest BCUT2D eigenvalue weighted by atomic mass is 16.6. The van der Waals surface area contributed by atoms with E-state index in [9.17, 15) is 14.4 Å². The van der Waals surface area contributed by atoms with E-state index in [4.69, 9.17) is 14.2 Å². The van der Waals surface area contributed by atoms with Gasteiger partial charge in [0.1, 0.15) is 13.2 Å². The van der Waals surface area contributed by atoms with E-state index in [2.05, 4.69) is 106 Å². The summed E-state index contributed by atoms with van der Waals surface area (Å²) in [5.41, 5.74) is 0. The number of esters is 3. The quantitative estimate of drug-likeness (QED) is 0.0263. The summed E-state index contributed by atoms with van der Waals surface area (Å²) in [5, 5.41) is 0. The molecule has 346 valence electrons. The van der Waals surface area contributed by atoms with Gasteiger partial charge in [-0.15, -0.1) is 0 Å². The molecule has 6 nitrogen and oxygen atoms in total. The van der Waals surface area contributed by atoms with Crippen LogP contribution in [-0.4, -0.2) is 37.2 Å². The number of unbranched alkanes of at least 4 members (excludes halogenated alkanes) is 16. The Kier molecular flexibility index (Phi) is 46.0. The summed E-state index contributed by atoms with van der Waals surface area (Å²) in [6.07, 6.45) is 64.0. The van der Waals surface area contributed by atoms with Crippen molar-refractivity contribution in [1.29, 1.82) is 0 Å². The molecule has 0 saturated carbocycles. The average molecular weight is 847 g/mol. The summed E-state index contributed by atoms with van der Waals surface area (Å²) >= 11 is 0. The molecule has 0 aromatic carbocycles. The first-order valence-corrected chi connectivity index (χ1v) is 24.7. The molecule has 0 unspecified atom stereocenters. The molecular formula is C55H90O6. The van der Waals surface area contributed by atoms with E-state index in [0.29, 0.717) is 19.3 Å². The molecule has 0 N–H and O–H groups in total. The van der Waals surface area contributed by atoms with E-state index in [1.807, 2.05) is 12.2 Å². The number of hydrogen-bond donors (Lipinski definition) is 0. The zero-order chi connectivity index (χ0) is 44.4. The Morgan fingerprint density at radius 1 is 0.344 bits per heavy atom. The SMILES string of the molecule is CC/C=C\C/C=C\C/C=C\C/C=C\C/C=C\C/C=C\CCC(=O)OC[C@H](COC(=O)CCCCCCC/C=C\CCCC)OC(=O)CCCCCCC/C=C\CCCCCC. The molecule has 61 heavy (non-hydrogen) atoms. The molecule has 0 aromatic heterocycles. The van der Waals surface area contributed by atoms with Crippen LogP contribution in [0.25, 0.3) is 0 Å². The molecule has 0 rings (SSSR count). The van der Waals surface area contributed by atoms with Crippen molar-refractivity contribution in [3.63, 3.8) is 0 Å². The maximum absolute atomic E-state index is 12.7. The lowest BCUT2D eigenvalue weighted by Gasteiger charge is -2.18.